The lowest BCUT2D eigenvalue weighted by Gasteiger charge is -2.14. The standard InChI is InChI=1S/C14H9F5N2OS/c15-8-5-7(14(17,18)19)6-9(16)12(8)22-11-4-2-1-3-10(11)21-13(20)23/h1-6H,(H3,20,21,23). The Morgan fingerprint density at radius 1 is 1.09 bits per heavy atom. The summed E-state index contributed by atoms with van der Waals surface area (Å²) in [5.41, 5.74) is 4.06. The maximum Gasteiger partial charge on any atom is 0.416 e. The molecule has 0 saturated carbocycles. The minimum Gasteiger partial charge on any atom is -0.449 e. The number of rotatable bonds is 3. The number of ether oxygens (including phenoxy) is 1. The molecule has 0 amide bonds. The summed E-state index contributed by atoms with van der Waals surface area (Å²) < 4.78 is 70.1. The van der Waals surface area contributed by atoms with Crippen molar-refractivity contribution in [2.75, 3.05) is 5.32 Å². The van der Waals surface area contributed by atoms with Crippen LogP contribution < -0.4 is 15.8 Å². The molecule has 122 valence electrons. The Hall–Kier alpha value is -2.42. The number of thiocarbonyl (C=S) groups is 1. The summed E-state index contributed by atoms with van der Waals surface area (Å²) in [7, 11) is 0. The topological polar surface area (TPSA) is 47.3 Å². The fraction of sp³-hybridized carbons (Fsp3) is 0.0714. The molecular weight excluding hydrogens is 339 g/mol. The van der Waals surface area contributed by atoms with Crippen molar-refractivity contribution in [3.05, 3.63) is 53.6 Å². The zero-order valence-electron chi connectivity index (χ0n) is 11.2. The monoisotopic (exact) mass is 348 g/mol. The van der Waals surface area contributed by atoms with Crippen LogP contribution in [0.25, 0.3) is 0 Å². The van der Waals surface area contributed by atoms with Crippen LogP contribution in [0.3, 0.4) is 0 Å². The second kappa shape index (κ2) is 6.37. The minimum atomic E-state index is -4.87. The number of para-hydroxylation sites is 2. The van der Waals surface area contributed by atoms with Crippen LogP contribution in [0.15, 0.2) is 36.4 Å². The third-order valence-electron chi connectivity index (χ3n) is 2.68. The summed E-state index contributed by atoms with van der Waals surface area (Å²) in [6.45, 7) is 0. The van der Waals surface area contributed by atoms with Crippen LogP contribution in [-0.2, 0) is 6.18 Å². The fourth-order valence-electron chi connectivity index (χ4n) is 1.72. The predicted molar refractivity (Wildman–Crippen MR) is 78.3 cm³/mol. The van der Waals surface area contributed by atoms with Gasteiger partial charge in [0.15, 0.2) is 28.2 Å². The highest BCUT2D eigenvalue weighted by Crippen LogP contribution is 2.37. The molecule has 0 heterocycles. The van der Waals surface area contributed by atoms with E-state index in [0.717, 1.165) is 0 Å². The summed E-state index contributed by atoms with van der Waals surface area (Å²) in [4.78, 5) is 0. The Kier molecular flexibility index (Phi) is 4.69. The van der Waals surface area contributed by atoms with E-state index in [1.165, 1.54) is 18.2 Å². The van der Waals surface area contributed by atoms with E-state index in [1.807, 2.05) is 0 Å². The number of nitrogens with two attached hydrogens (primary N) is 1. The van der Waals surface area contributed by atoms with Crippen LogP contribution in [0.1, 0.15) is 5.56 Å². The second-order valence-electron chi connectivity index (χ2n) is 4.35. The van der Waals surface area contributed by atoms with Crippen molar-refractivity contribution in [2.45, 2.75) is 6.18 Å². The third-order valence-corrected chi connectivity index (χ3v) is 2.78. The van der Waals surface area contributed by atoms with E-state index < -0.39 is 29.1 Å². The molecule has 3 N–H and O–H groups in total. The Balaban J connectivity index is 2.40. The van der Waals surface area contributed by atoms with Gasteiger partial charge in [0.1, 0.15) is 0 Å². The first-order valence-corrected chi connectivity index (χ1v) is 6.49. The smallest absolute Gasteiger partial charge is 0.416 e. The van der Waals surface area contributed by atoms with Crippen molar-refractivity contribution in [1.82, 2.24) is 0 Å². The van der Waals surface area contributed by atoms with Crippen LogP contribution >= 0.6 is 12.2 Å². The molecule has 2 aromatic rings. The van der Waals surface area contributed by atoms with Crippen molar-refractivity contribution in [2.24, 2.45) is 5.73 Å². The maximum atomic E-state index is 13.8. The third kappa shape index (κ3) is 4.07. The first-order chi connectivity index (χ1) is 10.7. The molecular formula is C14H9F5N2OS. The first-order valence-electron chi connectivity index (χ1n) is 6.08. The lowest BCUT2D eigenvalue weighted by atomic mass is 10.2. The molecule has 0 saturated heterocycles. The molecule has 3 nitrogen and oxygen atoms in total. The highest BCUT2D eigenvalue weighted by molar-refractivity contribution is 7.80. The molecule has 0 bridgehead atoms. The van der Waals surface area contributed by atoms with Gasteiger partial charge in [-0.05, 0) is 36.5 Å². The number of halogens is 5. The highest BCUT2D eigenvalue weighted by atomic mass is 32.1. The van der Waals surface area contributed by atoms with Crippen LogP contribution in [-0.4, -0.2) is 5.11 Å². The number of anilines is 1. The van der Waals surface area contributed by atoms with Crippen LogP contribution in [0.2, 0.25) is 0 Å². The Bertz CT molecular complexity index is 725. The number of hydrogen-bond donors (Lipinski definition) is 2. The molecule has 0 aromatic heterocycles. The van der Waals surface area contributed by atoms with E-state index in [1.54, 1.807) is 6.07 Å². The van der Waals surface area contributed by atoms with Gasteiger partial charge >= 0.3 is 6.18 Å². The molecule has 0 atom stereocenters. The van der Waals surface area contributed by atoms with Crippen molar-refractivity contribution in [3.63, 3.8) is 0 Å². The van der Waals surface area contributed by atoms with E-state index in [9.17, 15) is 22.0 Å². The van der Waals surface area contributed by atoms with Crippen LogP contribution in [0.4, 0.5) is 27.6 Å². The number of nitrogens with one attached hydrogen (secondary N) is 1. The van der Waals surface area contributed by atoms with Gasteiger partial charge in [0.2, 0.25) is 0 Å². The van der Waals surface area contributed by atoms with Crippen molar-refractivity contribution < 1.29 is 26.7 Å². The molecule has 0 radical (unpaired) electrons. The van der Waals surface area contributed by atoms with E-state index in [-0.39, 0.29) is 28.7 Å². The summed E-state index contributed by atoms with van der Waals surface area (Å²) in [6.07, 6.45) is -4.87. The molecule has 2 aromatic carbocycles. The van der Waals surface area contributed by atoms with Gasteiger partial charge in [0, 0.05) is 0 Å². The van der Waals surface area contributed by atoms with Gasteiger partial charge in [-0.25, -0.2) is 8.78 Å². The largest absolute Gasteiger partial charge is 0.449 e. The molecule has 0 aliphatic carbocycles. The maximum absolute atomic E-state index is 13.8. The number of hydrogen-bond acceptors (Lipinski definition) is 2. The molecule has 23 heavy (non-hydrogen) atoms. The van der Waals surface area contributed by atoms with E-state index in [4.69, 9.17) is 10.5 Å². The molecule has 0 spiro atoms. The number of alkyl halides is 3. The predicted octanol–water partition coefficient (Wildman–Crippen LogP) is 4.43. The lowest BCUT2D eigenvalue weighted by Crippen LogP contribution is -2.19. The number of benzene rings is 2. The normalized spacial score (nSPS) is 11.2. The van der Waals surface area contributed by atoms with E-state index in [0.29, 0.717) is 0 Å². The summed E-state index contributed by atoms with van der Waals surface area (Å²) in [6, 6.07) is 6.20. The van der Waals surface area contributed by atoms with Gasteiger partial charge in [0.25, 0.3) is 0 Å². The van der Waals surface area contributed by atoms with Crippen molar-refractivity contribution in [1.29, 1.82) is 0 Å². The molecule has 0 aliphatic heterocycles. The van der Waals surface area contributed by atoms with Gasteiger partial charge in [-0.3, -0.25) is 0 Å². The Morgan fingerprint density at radius 2 is 1.65 bits per heavy atom. The van der Waals surface area contributed by atoms with Crippen molar-refractivity contribution in [3.8, 4) is 11.5 Å². The van der Waals surface area contributed by atoms with Gasteiger partial charge in [-0.15, -0.1) is 0 Å². The first kappa shape index (κ1) is 16.9. The summed E-state index contributed by atoms with van der Waals surface area (Å²) in [5.74, 6) is -3.99. The zero-order valence-corrected chi connectivity index (χ0v) is 12.1. The van der Waals surface area contributed by atoms with Crippen LogP contribution in [0.5, 0.6) is 11.5 Å². The van der Waals surface area contributed by atoms with Gasteiger partial charge in [0.05, 0.1) is 11.3 Å². The second-order valence-corrected chi connectivity index (χ2v) is 4.79. The van der Waals surface area contributed by atoms with Gasteiger partial charge in [-0.2, -0.15) is 13.2 Å². The highest BCUT2D eigenvalue weighted by Gasteiger charge is 2.33. The summed E-state index contributed by atoms with van der Waals surface area (Å²) >= 11 is 4.65. The average molecular weight is 348 g/mol. The molecule has 0 unspecified atom stereocenters. The van der Waals surface area contributed by atoms with Gasteiger partial charge in [-0.1, -0.05) is 12.1 Å². The van der Waals surface area contributed by atoms with E-state index in [2.05, 4.69) is 17.5 Å². The summed E-state index contributed by atoms with van der Waals surface area (Å²) in [5, 5.41) is 2.41. The van der Waals surface area contributed by atoms with Crippen LogP contribution in [0, 0.1) is 11.6 Å². The molecule has 9 heteroatoms. The van der Waals surface area contributed by atoms with E-state index >= 15 is 0 Å². The minimum absolute atomic E-state index is 0.0575. The SMILES string of the molecule is NC(=S)Nc1ccccc1Oc1c(F)cc(C(F)(F)F)cc1F. The Labute approximate surface area is 132 Å². The molecule has 2 rings (SSSR count). The Morgan fingerprint density at radius 3 is 2.17 bits per heavy atom. The quantitative estimate of drug-likeness (QED) is 0.636. The van der Waals surface area contributed by atoms with Gasteiger partial charge < -0.3 is 15.8 Å². The average Bonchev–Trinajstić information content (AvgIpc) is 2.42. The molecule has 0 aliphatic rings. The van der Waals surface area contributed by atoms with Crippen molar-refractivity contribution >= 4 is 23.0 Å². The molecule has 0 fully saturated rings. The zero-order chi connectivity index (χ0) is 17.2. The lowest BCUT2D eigenvalue weighted by molar-refractivity contribution is -0.138. The fourth-order valence-corrected chi connectivity index (χ4v) is 1.83.